The number of nitrogens with one attached hydrogen (secondary N) is 2. The van der Waals surface area contributed by atoms with E-state index in [0.717, 1.165) is 16.8 Å². The molecule has 134 valence electrons. The lowest BCUT2D eigenvalue weighted by atomic mass is 10.1. The minimum Gasteiger partial charge on any atom is -0.350 e. The van der Waals surface area contributed by atoms with Gasteiger partial charge >= 0.3 is 0 Å². The smallest absolute Gasteiger partial charge is 0.227 e. The highest BCUT2D eigenvalue weighted by molar-refractivity contribution is 5.86. The van der Waals surface area contributed by atoms with Crippen LogP contribution in [0.1, 0.15) is 16.7 Å². The predicted octanol–water partition coefficient (Wildman–Crippen LogP) is 4.39. The first-order valence-electron chi connectivity index (χ1n) is 8.80. The maximum atomic E-state index is 4.64. The van der Waals surface area contributed by atoms with Gasteiger partial charge in [-0.05, 0) is 31.0 Å². The molecule has 2 aromatic carbocycles. The Morgan fingerprint density at radius 2 is 1.70 bits per heavy atom. The second-order valence-electron chi connectivity index (χ2n) is 6.41. The first-order valence-corrected chi connectivity index (χ1v) is 8.80. The normalized spacial score (nSPS) is 10.7. The van der Waals surface area contributed by atoms with Gasteiger partial charge in [0.05, 0.1) is 0 Å². The van der Waals surface area contributed by atoms with Crippen molar-refractivity contribution >= 4 is 28.6 Å². The van der Waals surface area contributed by atoms with Crippen molar-refractivity contribution in [1.82, 2.24) is 19.9 Å². The molecule has 6 heteroatoms. The molecule has 2 heterocycles. The number of fused-ring (bicyclic) bond motifs is 1. The van der Waals surface area contributed by atoms with Crippen LogP contribution in [-0.2, 0) is 6.54 Å². The zero-order valence-corrected chi connectivity index (χ0v) is 15.3. The van der Waals surface area contributed by atoms with Crippen LogP contribution in [0.3, 0.4) is 0 Å². The summed E-state index contributed by atoms with van der Waals surface area (Å²) in [5, 5.41) is 6.66. The van der Waals surface area contributed by atoms with E-state index in [4.69, 9.17) is 0 Å². The third-order valence-electron chi connectivity index (χ3n) is 4.26. The minimum absolute atomic E-state index is 0.513. The number of anilines is 3. The highest BCUT2D eigenvalue weighted by atomic mass is 15.2. The van der Waals surface area contributed by atoms with Crippen molar-refractivity contribution in [3.8, 4) is 0 Å². The number of rotatable bonds is 5. The fourth-order valence-electron chi connectivity index (χ4n) is 2.89. The van der Waals surface area contributed by atoms with E-state index in [1.54, 1.807) is 12.4 Å². The van der Waals surface area contributed by atoms with E-state index in [9.17, 15) is 0 Å². The Balaban J connectivity index is 1.68. The molecule has 4 aromatic rings. The SMILES string of the molecule is Cc1ccc(Nc2nc(NCc3ccccc3)nc3nccnc23)c(C)c1. The molecule has 0 saturated heterocycles. The first kappa shape index (κ1) is 16.9. The van der Waals surface area contributed by atoms with Crippen LogP contribution < -0.4 is 10.6 Å². The summed E-state index contributed by atoms with van der Waals surface area (Å²) in [4.78, 5) is 17.9. The van der Waals surface area contributed by atoms with Crippen molar-refractivity contribution in [2.45, 2.75) is 20.4 Å². The molecule has 0 amide bonds. The summed E-state index contributed by atoms with van der Waals surface area (Å²) < 4.78 is 0. The number of hydrogen-bond donors (Lipinski definition) is 2. The molecule has 0 fully saturated rings. The molecule has 0 bridgehead atoms. The molecule has 0 aliphatic heterocycles. The fourth-order valence-corrected chi connectivity index (χ4v) is 2.89. The molecule has 0 aliphatic rings. The van der Waals surface area contributed by atoms with E-state index >= 15 is 0 Å². The second-order valence-corrected chi connectivity index (χ2v) is 6.41. The number of aryl methyl sites for hydroxylation is 2. The van der Waals surface area contributed by atoms with Gasteiger partial charge in [-0.2, -0.15) is 9.97 Å². The van der Waals surface area contributed by atoms with Gasteiger partial charge in [-0.1, -0.05) is 48.0 Å². The summed E-state index contributed by atoms with van der Waals surface area (Å²) in [5.74, 6) is 1.15. The Bertz CT molecular complexity index is 1080. The molecule has 0 atom stereocenters. The largest absolute Gasteiger partial charge is 0.350 e. The minimum atomic E-state index is 0.513. The second kappa shape index (κ2) is 7.37. The molecule has 0 aliphatic carbocycles. The Morgan fingerprint density at radius 1 is 0.889 bits per heavy atom. The van der Waals surface area contributed by atoms with Crippen LogP contribution in [0.5, 0.6) is 0 Å². The average molecular weight is 356 g/mol. The quantitative estimate of drug-likeness (QED) is 0.552. The first-order chi connectivity index (χ1) is 13.2. The zero-order valence-electron chi connectivity index (χ0n) is 15.3. The maximum Gasteiger partial charge on any atom is 0.227 e. The summed E-state index contributed by atoms with van der Waals surface area (Å²) in [6, 6.07) is 16.4. The number of nitrogens with zero attached hydrogens (tertiary/aromatic N) is 4. The van der Waals surface area contributed by atoms with Gasteiger partial charge < -0.3 is 10.6 Å². The lowest BCUT2D eigenvalue weighted by Crippen LogP contribution is -2.07. The molecule has 2 N–H and O–H groups in total. The van der Waals surface area contributed by atoms with E-state index in [2.05, 4.69) is 68.7 Å². The monoisotopic (exact) mass is 356 g/mol. The van der Waals surface area contributed by atoms with E-state index in [-0.39, 0.29) is 0 Å². The van der Waals surface area contributed by atoms with Crippen molar-refractivity contribution in [1.29, 1.82) is 0 Å². The van der Waals surface area contributed by atoms with Crippen LogP contribution in [0.25, 0.3) is 11.2 Å². The third kappa shape index (κ3) is 3.84. The van der Waals surface area contributed by atoms with E-state index < -0.39 is 0 Å². The molecule has 2 aromatic heterocycles. The molecule has 6 nitrogen and oxygen atoms in total. The van der Waals surface area contributed by atoms with Crippen molar-refractivity contribution in [2.24, 2.45) is 0 Å². The summed E-state index contributed by atoms with van der Waals surface area (Å²) >= 11 is 0. The Morgan fingerprint density at radius 3 is 2.52 bits per heavy atom. The average Bonchev–Trinajstić information content (AvgIpc) is 2.69. The van der Waals surface area contributed by atoms with Gasteiger partial charge in [0.25, 0.3) is 0 Å². The molecular formula is C21H20N6. The van der Waals surface area contributed by atoms with Crippen molar-refractivity contribution in [3.05, 3.63) is 77.6 Å². The molecule has 4 rings (SSSR count). The highest BCUT2D eigenvalue weighted by Crippen LogP contribution is 2.25. The molecule has 0 saturated carbocycles. The summed E-state index contributed by atoms with van der Waals surface area (Å²) in [6.07, 6.45) is 3.28. The topological polar surface area (TPSA) is 75.6 Å². The highest BCUT2D eigenvalue weighted by Gasteiger charge is 2.11. The van der Waals surface area contributed by atoms with Crippen molar-refractivity contribution in [3.63, 3.8) is 0 Å². The van der Waals surface area contributed by atoms with Gasteiger partial charge in [0, 0.05) is 24.6 Å². The van der Waals surface area contributed by atoms with E-state index in [1.807, 2.05) is 24.3 Å². The standard InChI is InChI=1S/C21H20N6/c1-14-8-9-17(15(2)12-14)25-20-18-19(23-11-10-22-18)26-21(27-20)24-13-16-6-4-3-5-7-16/h3-12H,13H2,1-2H3,(H2,23,24,25,26,27). The zero-order chi connectivity index (χ0) is 18.6. The van der Waals surface area contributed by atoms with Crippen LogP contribution in [0, 0.1) is 13.8 Å². The third-order valence-corrected chi connectivity index (χ3v) is 4.26. The Labute approximate surface area is 157 Å². The van der Waals surface area contributed by atoms with Crippen LogP contribution in [0.4, 0.5) is 17.5 Å². The van der Waals surface area contributed by atoms with Crippen LogP contribution >= 0.6 is 0 Å². The van der Waals surface area contributed by atoms with Gasteiger partial charge in [0.15, 0.2) is 17.0 Å². The number of aromatic nitrogens is 4. The van der Waals surface area contributed by atoms with Gasteiger partial charge in [0.2, 0.25) is 5.95 Å². The molecule has 0 unspecified atom stereocenters. The molecular weight excluding hydrogens is 336 g/mol. The van der Waals surface area contributed by atoms with Crippen molar-refractivity contribution in [2.75, 3.05) is 10.6 Å². The molecule has 0 radical (unpaired) electrons. The van der Waals surface area contributed by atoms with Gasteiger partial charge in [-0.25, -0.2) is 9.97 Å². The predicted molar refractivity (Wildman–Crippen MR) is 108 cm³/mol. The lowest BCUT2D eigenvalue weighted by Gasteiger charge is -2.13. The van der Waals surface area contributed by atoms with Gasteiger partial charge in [0.1, 0.15) is 0 Å². The number of benzene rings is 2. The van der Waals surface area contributed by atoms with Crippen LogP contribution in [-0.4, -0.2) is 19.9 Å². The summed E-state index contributed by atoms with van der Waals surface area (Å²) in [5.41, 5.74) is 5.70. The van der Waals surface area contributed by atoms with Crippen LogP contribution in [0.15, 0.2) is 60.9 Å². The molecule has 0 spiro atoms. The maximum absolute atomic E-state index is 4.64. The lowest BCUT2D eigenvalue weighted by molar-refractivity contribution is 1.06. The van der Waals surface area contributed by atoms with E-state index in [0.29, 0.717) is 29.5 Å². The fraction of sp³-hybridized carbons (Fsp3) is 0.143. The molecule has 27 heavy (non-hydrogen) atoms. The summed E-state index contributed by atoms with van der Waals surface area (Å²) in [6.45, 7) is 4.78. The van der Waals surface area contributed by atoms with E-state index in [1.165, 1.54) is 5.56 Å². The van der Waals surface area contributed by atoms with Gasteiger partial charge in [-0.3, -0.25) is 0 Å². The Kier molecular flexibility index (Phi) is 4.61. The Hall–Kier alpha value is -3.54. The summed E-state index contributed by atoms with van der Waals surface area (Å²) in [7, 11) is 0. The van der Waals surface area contributed by atoms with Crippen LogP contribution in [0.2, 0.25) is 0 Å². The van der Waals surface area contributed by atoms with Gasteiger partial charge in [-0.15, -0.1) is 0 Å². The van der Waals surface area contributed by atoms with Crippen molar-refractivity contribution < 1.29 is 0 Å². The number of hydrogen-bond acceptors (Lipinski definition) is 6.